The SMILES string of the molecule is Nc1nc2c(c(=O)[nH]1)NCC(c1ccccc1)=N2. The third-order valence-electron chi connectivity index (χ3n) is 2.70. The summed E-state index contributed by atoms with van der Waals surface area (Å²) in [4.78, 5) is 22.5. The smallest absolute Gasteiger partial charge is 0.277 e. The highest BCUT2D eigenvalue weighted by molar-refractivity contribution is 6.06. The van der Waals surface area contributed by atoms with Crippen molar-refractivity contribution in [1.82, 2.24) is 9.97 Å². The predicted molar refractivity (Wildman–Crippen MR) is 70.4 cm³/mol. The first-order valence-corrected chi connectivity index (χ1v) is 5.51. The highest BCUT2D eigenvalue weighted by Crippen LogP contribution is 2.23. The second-order valence-corrected chi connectivity index (χ2v) is 3.93. The number of aromatic nitrogens is 2. The van der Waals surface area contributed by atoms with Crippen LogP contribution in [0.25, 0.3) is 0 Å². The van der Waals surface area contributed by atoms with Crippen LogP contribution in [0.15, 0.2) is 40.1 Å². The van der Waals surface area contributed by atoms with Crippen molar-refractivity contribution in [2.45, 2.75) is 0 Å². The Morgan fingerprint density at radius 2 is 2.00 bits per heavy atom. The van der Waals surface area contributed by atoms with Gasteiger partial charge in [-0.2, -0.15) is 4.98 Å². The minimum absolute atomic E-state index is 0.0682. The monoisotopic (exact) mass is 241 g/mol. The Morgan fingerprint density at radius 1 is 1.22 bits per heavy atom. The molecule has 0 saturated carbocycles. The number of nitrogen functional groups attached to an aromatic ring is 1. The molecule has 4 N–H and O–H groups in total. The third kappa shape index (κ3) is 1.73. The minimum atomic E-state index is -0.298. The first-order valence-electron chi connectivity index (χ1n) is 5.51. The van der Waals surface area contributed by atoms with Crippen LogP contribution in [0.1, 0.15) is 5.56 Å². The van der Waals surface area contributed by atoms with Crippen LogP contribution in [-0.4, -0.2) is 22.2 Å². The Labute approximate surface area is 103 Å². The lowest BCUT2D eigenvalue weighted by atomic mass is 10.1. The van der Waals surface area contributed by atoms with E-state index >= 15 is 0 Å². The van der Waals surface area contributed by atoms with E-state index in [1.165, 1.54) is 0 Å². The number of hydrogen-bond donors (Lipinski definition) is 3. The number of aliphatic imine (C=N–C) groups is 1. The average Bonchev–Trinajstić information content (AvgIpc) is 2.39. The van der Waals surface area contributed by atoms with Crippen molar-refractivity contribution in [3.63, 3.8) is 0 Å². The third-order valence-corrected chi connectivity index (χ3v) is 2.70. The summed E-state index contributed by atoms with van der Waals surface area (Å²) < 4.78 is 0. The second kappa shape index (κ2) is 3.99. The van der Waals surface area contributed by atoms with E-state index in [-0.39, 0.29) is 11.5 Å². The molecule has 3 rings (SSSR count). The fourth-order valence-corrected chi connectivity index (χ4v) is 1.86. The maximum Gasteiger partial charge on any atom is 0.277 e. The number of nitrogens with two attached hydrogens (primary N) is 1. The van der Waals surface area contributed by atoms with Gasteiger partial charge < -0.3 is 11.1 Å². The van der Waals surface area contributed by atoms with Crippen molar-refractivity contribution in [2.24, 2.45) is 4.99 Å². The number of aromatic amines is 1. The zero-order chi connectivity index (χ0) is 12.5. The first kappa shape index (κ1) is 10.5. The van der Waals surface area contributed by atoms with Crippen LogP contribution in [0.2, 0.25) is 0 Å². The predicted octanol–water partition coefficient (Wildman–Crippen LogP) is 0.898. The molecule has 1 aromatic carbocycles. The Bertz CT molecular complexity index is 675. The van der Waals surface area contributed by atoms with Crippen LogP contribution >= 0.6 is 0 Å². The molecule has 0 aliphatic carbocycles. The number of anilines is 2. The zero-order valence-electron chi connectivity index (χ0n) is 9.47. The van der Waals surface area contributed by atoms with Crippen LogP contribution < -0.4 is 16.6 Å². The normalized spacial score (nSPS) is 13.4. The molecular formula is C12H11N5O. The number of benzene rings is 1. The molecule has 0 unspecified atom stereocenters. The summed E-state index contributed by atoms with van der Waals surface area (Å²) in [6.07, 6.45) is 0. The van der Waals surface area contributed by atoms with E-state index < -0.39 is 0 Å². The van der Waals surface area contributed by atoms with Crippen molar-refractivity contribution < 1.29 is 0 Å². The summed E-state index contributed by atoms with van der Waals surface area (Å²) in [5, 5.41) is 3.01. The number of nitrogens with one attached hydrogen (secondary N) is 2. The number of fused-ring (bicyclic) bond motifs is 1. The van der Waals surface area contributed by atoms with Gasteiger partial charge in [-0.1, -0.05) is 30.3 Å². The van der Waals surface area contributed by atoms with E-state index in [4.69, 9.17) is 5.73 Å². The zero-order valence-corrected chi connectivity index (χ0v) is 9.47. The Kier molecular flexibility index (Phi) is 2.33. The van der Waals surface area contributed by atoms with Crippen LogP contribution in [-0.2, 0) is 0 Å². The average molecular weight is 241 g/mol. The van der Waals surface area contributed by atoms with Gasteiger partial charge in [0.1, 0.15) is 5.69 Å². The molecule has 0 saturated heterocycles. The van der Waals surface area contributed by atoms with Crippen LogP contribution in [0.3, 0.4) is 0 Å². The van der Waals surface area contributed by atoms with Gasteiger partial charge in [-0.05, 0) is 5.56 Å². The molecule has 2 heterocycles. The molecule has 1 aliphatic rings. The molecule has 0 radical (unpaired) electrons. The van der Waals surface area contributed by atoms with Gasteiger partial charge in [-0.3, -0.25) is 9.78 Å². The summed E-state index contributed by atoms with van der Waals surface area (Å²) in [5.41, 5.74) is 7.40. The van der Waals surface area contributed by atoms with Crippen molar-refractivity contribution in [2.75, 3.05) is 17.6 Å². The molecular weight excluding hydrogens is 230 g/mol. The van der Waals surface area contributed by atoms with Gasteiger partial charge in [-0.25, -0.2) is 4.99 Å². The van der Waals surface area contributed by atoms with Gasteiger partial charge >= 0.3 is 0 Å². The lowest BCUT2D eigenvalue weighted by molar-refractivity contribution is 1.09. The Balaban J connectivity index is 2.12. The van der Waals surface area contributed by atoms with E-state index in [2.05, 4.69) is 20.3 Å². The number of rotatable bonds is 1. The molecule has 2 aromatic rings. The maximum atomic E-state index is 11.6. The first-order chi connectivity index (χ1) is 8.74. The van der Waals surface area contributed by atoms with E-state index in [1.807, 2.05) is 30.3 Å². The molecule has 1 aromatic heterocycles. The van der Waals surface area contributed by atoms with E-state index in [9.17, 15) is 4.79 Å². The fraction of sp³-hybridized carbons (Fsp3) is 0.0833. The number of nitrogens with zero attached hydrogens (tertiary/aromatic N) is 2. The van der Waals surface area contributed by atoms with E-state index in [0.29, 0.717) is 18.1 Å². The van der Waals surface area contributed by atoms with Crippen LogP contribution in [0, 0.1) is 0 Å². The Morgan fingerprint density at radius 3 is 2.78 bits per heavy atom. The summed E-state index contributed by atoms with van der Waals surface area (Å²) >= 11 is 0. The molecule has 6 heteroatoms. The quantitative estimate of drug-likeness (QED) is 0.691. The highest BCUT2D eigenvalue weighted by Gasteiger charge is 2.17. The van der Waals surface area contributed by atoms with Crippen LogP contribution in [0.4, 0.5) is 17.5 Å². The molecule has 0 bridgehead atoms. The summed E-state index contributed by atoms with van der Waals surface area (Å²) in [6, 6.07) is 9.74. The molecule has 90 valence electrons. The topological polar surface area (TPSA) is 96.2 Å². The number of hydrogen-bond acceptors (Lipinski definition) is 5. The lowest BCUT2D eigenvalue weighted by Crippen LogP contribution is -2.25. The van der Waals surface area contributed by atoms with Crippen molar-refractivity contribution in [3.8, 4) is 0 Å². The fourth-order valence-electron chi connectivity index (χ4n) is 1.86. The molecule has 6 nitrogen and oxygen atoms in total. The van der Waals surface area contributed by atoms with Gasteiger partial charge in [-0.15, -0.1) is 0 Å². The lowest BCUT2D eigenvalue weighted by Gasteiger charge is -2.16. The van der Waals surface area contributed by atoms with Gasteiger partial charge in [0.25, 0.3) is 5.56 Å². The molecule has 18 heavy (non-hydrogen) atoms. The summed E-state index contributed by atoms with van der Waals surface area (Å²) in [7, 11) is 0. The van der Waals surface area contributed by atoms with Gasteiger partial charge in [0, 0.05) is 0 Å². The number of H-pyrrole nitrogens is 1. The standard InChI is InChI=1S/C12H11N5O/c13-12-16-10-9(11(18)17-12)14-6-8(15-10)7-4-2-1-3-5-7/h1-5,14H,6H2,(H3,13,16,17,18). The molecule has 0 atom stereocenters. The molecule has 0 amide bonds. The second-order valence-electron chi connectivity index (χ2n) is 3.93. The largest absolute Gasteiger partial charge is 0.372 e. The maximum absolute atomic E-state index is 11.6. The van der Waals surface area contributed by atoms with E-state index in [0.717, 1.165) is 11.3 Å². The Hall–Kier alpha value is -2.63. The highest BCUT2D eigenvalue weighted by atomic mass is 16.1. The van der Waals surface area contributed by atoms with Crippen molar-refractivity contribution >= 4 is 23.2 Å². The molecule has 1 aliphatic heterocycles. The van der Waals surface area contributed by atoms with Gasteiger partial charge in [0.15, 0.2) is 5.82 Å². The molecule has 0 spiro atoms. The van der Waals surface area contributed by atoms with Gasteiger partial charge in [0.2, 0.25) is 5.95 Å². The molecule has 0 fully saturated rings. The summed E-state index contributed by atoms with van der Waals surface area (Å²) in [6.45, 7) is 0.492. The van der Waals surface area contributed by atoms with Gasteiger partial charge in [0.05, 0.1) is 12.3 Å². The van der Waals surface area contributed by atoms with Crippen LogP contribution in [0.5, 0.6) is 0 Å². The van der Waals surface area contributed by atoms with Crippen molar-refractivity contribution in [3.05, 3.63) is 46.2 Å². The van der Waals surface area contributed by atoms with E-state index in [1.54, 1.807) is 0 Å². The summed E-state index contributed by atoms with van der Waals surface area (Å²) in [5.74, 6) is 0.403. The van der Waals surface area contributed by atoms with Crippen molar-refractivity contribution in [1.29, 1.82) is 0 Å². The minimum Gasteiger partial charge on any atom is -0.372 e.